The van der Waals surface area contributed by atoms with Crippen LogP contribution in [0.3, 0.4) is 0 Å². The third-order valence-corrected chi connectivity index (χ3v) is 6.08. The molecular weight excluding hydrogens is 342 g/mol. The van der Waals surface area contributed by atoms with Crippen molar-refractivity contribution in [3.8, 4) is 0 Å². The molecule has 0 saturated carbocycles. The first kappa shape index (κ1) is 19.3. The van der Waals surface area contributed by atoms with Crippen molar-refractivity contribution in [2.75, 3.05) is 19.7 Å². The summed E-state index contributed by atoms with van der Waals surface area (Å²) in [6.07, 6.45) is 0.293. The van der Waals surface area contributed by atoms with Crippen molar-refractivity contribution < 1.29 is 34.4 Å². The molecule has 3 heterocycles. The summed E-state index contributed by atoms with van der Waals surface area (Å²) >= 11 is 0. The molecule has 26 heavy (non-hydrogen) atoms. The Hall–Kier alpha value is -1.48. The van der Waals surface area contributed by atoms with Crippen molar-refractivity contribution in [3.05, 3.63) is 11.6 Å². The predicted molar refractivity (Wildman–Crippen MR) is 89.9 cm³/mol. The molecule has 3 aliphatic heterocycles. The van der Waals surface area contributed by atoms with Crippen LogP contribution >= 0.6 is 0 Å². The summed E-state index contributed by atoms with van der Waals surface area (Å²) < 4.78 is 10.9. The average Bonchev–Trinajstić information content (AvgIpc) is 3.14. The number of ether oxygens (including phenoxy) is 2. The number of hydrogen-bond acceptors (Lipinski definition) is 8. The highest BCUT2D eigenvalue weighted by molar-refractivity contribution is 5.82. The second-order valence-electron chi connectivity index (χ2n) is 7.88. The van der Waals surface area contributed by atoms with Crippen molar-refractivity contribution in [1.29, 1.82) is 0 Å². The van der Waals surface area contributed by atoms with Crippen LogP contribution in [-0.4, -0.2) is 81.3 Å². The zero-order valence-corrected chi connectivity index (χ0v) is 15.3. The van der Waals surface area contributed by atoms with Crippen LogP contribution in [0, 0.1) is 5.92 Å². The standard InChI is InChI=1S/C18H27NO7/c1-10-8-18(24,11(2)20)16(22)26-13-5-7-19-6-4-12(14(13)19)9-25-15(21)17(10,3)23/h4,10-11,13-14,20,23-24H,5-9H2,1-3H3/t10-,11?,13-,14-,17+,18?/m1/s1. The molecule has 0 aromatic heterocycles. The second-order valence-corrected chi connectivity index (χ2v) is 7.88. The van der Waals surface area contributed by atoms with Gasteiger partial charge >= 0.3 is 11.9 Å². The first-order valence-corrected chi connectivity index (χ1v) is 9.01. The van der Waals surface area contributed by atoms with Crippen molar-refractivity contribution in [1.82, 2.24) is 4.90 Å². The van der Waals surface area contributed by atoms with Gasteiger partial charge in [-0.25, -0.2) is 9.59 Å². The smallest absolute Gasteiger partial charge is 0.341 e. The van der Waals surface area contributed by atoms with Gasteiger partial charge < -0.3 is 24.8 Å². The molecule has 0 aliphatic carbocycles. The number of nitrogens with zero attached hydrogens (tertiary/aromatic N) is 1. The van der Waals surface area contributed by atoms with Crippen LogP contribution in [0.15, 0.2) is 11.6 Å². The SMILES string of the molecule is CC(O)C1(O)C[C@@H](C)[C@](C)(O)C(=O)OCC2=CCN3CC[C@@H](OC1=O)[C@@H]23. The Kier molecular flexibility index (Phi) is 4.89. The lowest BCUT2D eigenvalue weighted by molar-refractivity contribution is -0.193. The zero-order chi connectivity index (χ0) is 19.3. The first-order chi connectivity index (χ1) is 12.1. The lowest BCUT2D eigenvalue weighted by atomic mass is 9.79. The summed E-state index contributed by atoms with van der Waals surface area (Å²) in [6.45, 7) is 5.50. The summed E-state index contributed by atoms with van der Waals surface area (Å²) in [4.78, 5) is 27.3. The van der Waals surface area contributed by atoms with Crippen LogP contribution in [-0.2, 0) is 19.1 Å². The third-order valence-electron chi connectivity index (χ3n) is 6.08. The fourth-order valence-corrected chi connectivity index (χ4v) is 3.95. The zero-order valence-electron chi connectivity index (χ0n) is 15.3. The number of aliphatic hydroxyl groups excluding tert-OH is 1. The van der Waals surface area contributed by atoms with E-state index in [-0.39, 0.29) is 19.1 Å². The molecular formula is C18H27NO7. The molecule has 0 aromatic rings. The summed E-state index contributed by atoms with van der Waals surface area (Å²) in [5.41, 5.74) is -3.33. The van der Waals surface area contributed by atoms with Gasteiger partial charge in [0.25, 0.3) is 0 Å². The molecule has 3 aliphatic rings. The Bertz CT molecular complexity index is 629. The quantitative estimate of drug-likeness (QED) is 0.413. The molecule has 0 amide bonds. The van der Waals surface area contributed by atoms with Crippen LogP contribution in [0.25, 0.3) is 0 Å². The number of carbonyl (C=O) groups excluding carboxylic acids is 2. The van der Waals surface area contributed by atoms with E-state index >= 15 is 0 Å². The normalized spacial score (nSPS) is 42.8. The van der Waals surface area contributed by atoms with Gasteiger partial charge in [-0.15, -0.1) is 0 Å². The minimum atomic E-state index is -2.22. The molecule has 146 valence electrons. The van der Waals surface area contributed by atoms with E-state index in [1.54, 1.807) is 0 Å². The van der Waals surface area contributed by atoms with E-state index < -0.39 is 41.3 Å². The first-order valence-electron chi connectivity index (χ1n) is 9.01. The summed E-state index contributed by atoms with van der Waals surface area (Å²) in [5.74, 6) is -2.60. The second kappa shape index (κ2) is 6.60. The van der Waals surface area contributed by atoms with Gasteiger partial charge in [0.15, 0.2) is 11.2 Å². The van der Waals surface area contributed by atoms with Crippen molar-refractivity contribution in [2.45, 2.75) is 63.1 Å². The topological polar surface area (TPSA) is 117 Å². The van der Waals surface area contributed by atoms with Gasteiger partial charge in [-0.05, 0) is 38.2 Å². The van der Waals surface area contributed by atoms with Gasteiger partial charge in [0.2, 0.25) is 0 Å². The fourth-order valence-electron chi connectivity index (χ4n) is 3.95. The average molecular weight is 369 g/mol. The van der Waals surface area contributed by atoms with Crippen LogP contribution in [0.2, 0.25) is 0 Å². The maximum absolute atomic E-state index is 12.7. The number of esters is 2. The Labute approximate surface area is 152 Å². The number of cyclic esters (lactones) is 1. The maximum Gasteiger partial charge on any atom is 0.341 e. The highest BCUT2D eigenvalue weighted by atomic mass is 16.6. The molecule has 2 fully saturated rings. The fraction of sp³-hybridized carbons (Fsp3) is 0.778. The summed E-state index contributed by atoms with van der Waals surface area (Å²) in [5, 5.41) is 31.5. The Morgan fingerprint density at radius 3 is 2.65 bits per heavy atom. The number of rotatable bonds is 1. The van der Waals surface area contributed by atoms with Crippen LogP contribution in [0.4, 0.5) is 0 Å². The molecule has 3 N–H and O–H groups in total. The van der Waals surface area contributed by atoms with Crippen molar-refractivity contribution in [2.24, 2.45) is 5.92 Å². The van der Waals surface area contributed by atoms with Gasteiger partial charge in [0.1, 0.15) is 12.7 Å². The van der Waals surface area contributed by atoms with Gasteiger partial charge in [0.05, 0.1) is 12.1 Å². The molecule has 0 radical (unpaired) electrons. The highest BCUT2D eigenvalue weighted by Crippen LogP contribution is 2.36. The number of aliphatic hydroxyl groups is 3. The van der Waals surface area contributed by atoms with Crippen LogP contribution < -0.4 is 0 Å². The number of hydrogen-bond donors (Lipinski definition) is 3. The Morgan fingerprint density at radius 2 is 2.00 bits per heavy atom. The minimum absolute atomic E-state index is 0.0254. The molecule has 2 unspecified atom stereocenters. The van der Waals surface area contributed by atoms with E-state index in [0.717, 1.165) is 12.1 Å². The van der Waals surface area contributed by atoms with Gasteiger partial charge in [0, 0.05) is 13.1 Å². The Morgan fingerprint density at radius 1 is 1.31 bits per heavy atom. The molecule has 8 nitrogen and oxygen atoms in total. The lowest BCUT2D eigenvalue weighted by Crippen LogP contribution is -2.56. The molecule has 8 heteroatoms. The van der Waals surface area contributed by atoms with E-state index in [1.165, 1.54) is 20.8 Å². The largest absolute Gasteiger partial charge is 0.459 e. The molecule has 6 atom stereocenters. The van der Waals surface area contributed by atoms with Crippen molar-refractivity contribution >= 4 is 11.9 Å². The van der Waals surface area contributed by atoms with Gasteiger partial charge in [-0.1, -0.05) is 13.0 Å². The maximum atomic E-state index is 12.7. The number of carbonyl (C=O) groups is 2. The van der Waals surface area contributed by atoms with E-state index in [0.29, 0.717) is 13.0 Å². The summed E-state index contributed by atoms with van der Waals surface area (Å²) in [6, 6.07) is -0.216. The monoisotopic (exact) mass is 369 g/mol. The third kappa shape index (κ3) is 3.05. The van der Waals surface area contributed by atoms with Crippen LogP contribution in [0.5, 0.6) is 0 Å². The lowest BCUT2D eigenvalue weighted by Gasteiger charge is -2.37. The summed E-state index contributed by atoms with van der Waals surface area (Å²) in [7, 11) is 0. The molecule has 0 aromatic carbocycles. The van der Waals surface area contributed by atoms with E-state index in [4.69, 9.17) is 9.47 Å². The van der Waals surface area contributed by atoms with Gasteiger partial charge in [-0.2, -0.15) is 0 Å². The molecule has 0 spiro atoms. The van der Waals surface area contributed by atoms with Crippen molar-refractivity contribution in [3.63, 3.8) is 0 Å². The minimum Gasteiger partial charge on any atom is -0.459 e. The Balaban J connectivity index is 1.97. The van der Waals surface area contributed by atoms with Crippen LogP contribution in [0.1, 0.15) is 33.6 Å². The highest BCUT2D eigenvalue weighted by Gasteiger charge is 2.52. The predicted octanol–water partition coefficient (Wildman–Crippen LogP) is -0.642. The molecule has 2 saturated heterocycles. The van der Waals surface area contributed by atoms with E-state index in [2.05, 4.69) is 4.90 Å². The van der Waals surface area contributed by atoms with E-state index in [1.807, 2.05) is 6.08 Å². The molecule has 3 rings (SSSR count). The van der Waals surface area contributed by atoms with E-state index in [9.17, 15) is 24.9 Å². The molecule has 0 bridgehead atoms. The van der Waals surface area contributed by atoms with Gasteiger partial charge in [-0.3, -0.25) is 4.90 Å².